The number of ether oxygens (including phenoxy) is 1. The molecule has 5 heteroatoms. The van der Waals surface area contributed by atoms with Crippen LogP contribution in [0.4, 0.5) is 0 Å². The fraction of sp³-hybridized carbons (Fsp3) is 0.100. The lowest BCUT2D eigenvalue weighted by molar-refractivity contribution is 0.415. The number of hydrogen-bond donors (Lipinski definition) is 1. The molecule has 0 amide bonds. The summed E-state index contributed by atoms with van der Waals surface area (Å²) in [5.74, 6) is 0.818. The van der Waals surface area contributed by atoms with Gasteiger partial charge in [0.15, 0.2) is 0 Å². The Morgan fingerprint density at radius 1 is 1.16 bits per heavy atom. The van der Waals surface area contributed by atoms with Crippen LogP contribution in [0.1, 0.15) is 16.7 Å². The van der Waals surface area contributed by atoms with Crippen LogP contribution in [0.3, 0.4) is 0 Å². The van der Waals surface area contributed by atoms with Crippen molar-refractivity contribution in [2.45, 2.75) is 6.92 Å². The number of nitrogens with zero attached hydrogens (tertiary/aromatic N) is 2. The van der Waals surface area contributed by atoms with E-state index < -0.39 is 0 Å². The van der Waals surface area contributed by atoms with Crippen molar-refractivity contribution in [1.82, 2.24) is 10.4 Å². The van der Waals surface area contributed by atoms with Crippen molar-refractivity contribution in [2.24, 2.45) is 5.10 Å². The number of nitrogens with one attached hydrogen (secondary N) is 1. The third-order valence-electron chi connectivity index (χ3n) is 3.77. The number of hydrogen-bond acceptors (Lipinski definition) is 4. The van der Waals surface area contributed by atoms with Crippen LogP contribution in [0.2, 0.25) is 5.15 Å². The molecular formula is C20H18ClN3O. The molecule has 0 aliphatic carbocycles. The lowest BCUT2D eigenvalue weighted by atomic mass is 10.1. The van der Waals surface area contributed by atoms with Gasteiger partial charge in [-0.1, -0.05) is 29.8 Å². The van der Waals surface area contributed by atoms with E-state index in [1.807, 2.05) is 61.5 Å². The number of benzene rings is 2. The molecular weight excluding hydrogens is 334 g/mol. The Morgan fingerprint density at radius 2 is 1.96 bits per heavy atom. The van der Waals surface area contributed by atoms with Crippen molar-refractivity contribution in [3.05, 3.63) is 76.6 Å². The third-order valence-corrected chi connectivity index (χ3v) is 4.07. The lowest BCUT2D eigenvalue weighted by Crippen LogP contribution is -1.95. The summed E-state index contributed by atoms with van der Waals surface area (Å²) in [6.45, 7) is 2.02. The number of para-hydroxylation sites is 1. The van der Waals surface area contributed by atoms with Gasteiger partial charge in [-0.3, -0.25) is 5.43 Å². The maximum absolute atomic E-state index is 6.27. The molecule has 0 bridgehead atoms. The normalized spacial score (nSPS) is 11.5. The van der Waals surface area contributed by atoms with E-state index in [0.29, 0.717) is 5.15 Å². The highest BCUT2D eigenvalue weighted by Crippen LogP contribution is 2.23. The van der Waals surface area contributed by atoms with E-state index in [9.17, 15) is 0 Å². The average Bonchev–Trinajstić information content (AvgIpc) is 2.63. The molecule has 0 radical (unpaired) electrons. The standard InChI is InChI=1S/C20H18ClN3O/c1-14-4-3-5-16-12-17(20(21)24-19(14)16)10-11-22-23-13-15-6-8-18(25-2)9-7-15/h3-13,22H,1-2H3/b11-10+,23-13-. The number of rotatable bonds is 5. The van der Waals surface area contributed by atoms with Crippen molar-refractivity contribution in [2.75, 3.05) is 7.11 Å². The van der Waals surface area contributed by atoms with E-state index >= 15 is 0 Å². The Morgan fingerprint density at radius 3 is 2.72 bits per heavy atom. The Balaban J connectivity index is 1.68. The van der Waals surface area contributed by atoms with Crippen LogP contribution < -0.4 is 10.2 Å². The zero-order valence-corrected chi connectivity index (χ0v) is 14.8. The molecule has 1 heterocycles. The van der Waals surface area contributed by atoms with Crippen LogP contribution in [0.15, 0.2) is 59.8 Å². The Kier molecular flexibility index (Phi) is 5.31. The molecule has 0 aliphatic heterocycles. The number of aryl methyl sites for hydroxylation is 1. The van der Waals surface area contributed by atoms with Crippen molar-refractivity contribution < 1.29 is 4.74 Å². The largest absolute Gasteiger partial charge is 0.497 e. The molecule has 1 aromatic heterocycles. The zero-order valence-electron chi connectivity index (χ0n) is 14.0. The maximum atomic E-state index is 6.27. The smallest absolute Gasteiger partial charge is 0.137 e. The average molecular weight is 352 g/mol. The van der Waals surface area contributed by atoms with Gasteiger partial charge >= 0.3 is 0 Å². The first-order valence-corrected chi connectivity index (χ1v) is 8.20. The summed E-state index contributed by atoms with van der Waals surface area (Å²) in [7, 11) is 1.64. The molecule has 0 saturated heterocycles. The fourth-order valence-electron chi connectivity index (χ4n) is 2.43. The molecule has 0 saturated carbocycles. The minimum Gasteiger partial charge on any atom is -0.497 e. The van der Waals surface area contributed by atoms with Crippen molar-refractivity contribution in [3.8, 4) is 5.75 Å². The Hall–Kier alpha value is -2.85. The number of halogens is 1. The van der Waals surface area contributed by atoms with Crippen LogP contribution in [0.5, 0.6) is 5.75 Å². The molecule has 0 aliphatic rings. The van der Waals surface area contributed by atoms with Crippen molar-refractivity contribution in [1.29, 1.82) is 0 Å². The number of aromatic nitrogens is 1. The van der Waals surface area contributed by atoms with Gasteiger partial charge in [0.05, 0.1) is 18.8 Å². The van der Waals surface area contributed by atoms with Gasteiger partial charge in [-0.25, -0.2) is 4.98 Å². The highest BCUT2D eigenvalue weighted by Gasteiger charge is 2.04. The summed E-state index contributed by atoms with van der Waals surface area (Å²) in [4.78, 5) is 4.47. The van der Waals surface area contributed by atoms with Crippen molar-refractivity contribution >= 4 is 34.8 Å². The molecule has 3 rings (SSSR count). The van der Waals surface area contributed by atoms with Crippen LogP contribution >= 0.6 is 11.6 Å². The van der Waals surface area contributed by atoms with E-state index in [0.717, 1.165) is 33.3 Å². The second-order valence-electron chi connectivity index (χ2n) is 5.51. The lowest BCUT2D eigenvalue weighted by Gasteiger charge is -2.04. The van der Waals surface area contributed by atoms with Crippen LogP contribution in [-0.2, 0) is 0 Å². The predicted molar refractivity (Wildman–Crippen MR) is 104 cm³/mol. The molecule has 3 aromatic rings. The quantitative estimate of drug-likeness (QED) is 0.408. The first-order chi connectivity index (χ1) is 12.2. The van der Waals surface area contributed by atoms with Gasteiger partial charge in [-0.2, -0.15) is 5.10 Å². The molecule has 126 valence electrons. The summed E-state index contributed by atoms with van der Waals surface area (Å²) in [6, 6.07) is 15.7. The molecule has 0 atom stereocenters. The molecule has 0 unspecified atom stereocenters. The van der Waals surface area contributed by atoms with Crippen LogP contribution in [0, 0.1) is 6.92 Å². The minimum atomic E-state index is 0.471. The third kappa shape index (κ3) is 4.17. The highest BCUT2D eigenvalue weighted by atomic mass is 35.5. The van der Waals surface area contributed by atoms with Crippen LogP contribution in [0.25, 0.3) is 17.0 Å². The van der Waals surface area contributed by atoms with E-state index in [-0.39, 0.29) is 0 Å². The monoisotopic (exact) mass is 351 g/mol. The maximum Gasteiger partial charge on any atom is 0.137 e. The van der Waals surface area contributed by atoms with Gasteiger partial charge in [0.2, 0.25) is 0 Å². The van der Waals surface area contributed by atoms with Gasteiger partial charge in [0, 0.05) is 17.1 Å². The molecule has 25 heavy (non-hydrogen) atoms. The van der Waals surface area contributed by atoms with E-state index in [2.05, 4.69) is 15.5 Å². The van der Waals surface area contributed by atoms with Crippen molar-refractivity contribution in [3.63, 3.8) is 0 Å². The second-order valence-corrected chi connectivity index (χ2v) is 5.87. The van der Waals surface area contributed by atoms with Gasteiger partial charge < -0.3 is 4.74 Å². The summed E-state index contributed by atoms with van der Waals surface area (Å²) in [6.07, 6.45) is 5.31. The number of methoxy groups -OCH3 is 1. The van der Waals surface area contributed by atoms with Crippen LogP contribution in [-0.4, -0.2) is 18.3 Å². The molecule has 2 aromatic carbocycles. The highest BCUT2D eigenvalue weighted by molar-refractivity contribution is 6.31. The van der Waals surface area contributed by atoms with E-state index in [1.54, 1.807) is 19.5 Å². The minimum absolute atomic E-state index is 0.471. The first-order valence-electron chi connectivity index (χ1n) is 7.82. The van der Waals surface area contributed by atoms with E-state index in [4.69, 9.17) is 16.3 Å². The SMILES string of the molecule is COc1ccc(/C=N\N/C=C/c2cc3cccc(C)c3nc2Cl)cc1. The second kappa shape index (κ2) is 7.81. The number of hydrazone groups is 1. The van der Waals surface area contributed by atoms with Gasteiger partial charge in [-0.05, 0) is 54.5 Å². The predicted octanol–water partition coefficient (Wildman–Crippen LogP) is 4.80. The van der Waals surface area contributed by atoms with Gasteiger partial charge in [0.25, 0.3) is 0 Å². The first kappa shape index (κ1) is 17.0. The summed E-state index contributed by atoms with van der Waals surface area (Å²) in [5, 5.41) is 5.68. The topological polar surface area (TPSA) is 46.5 Å². The zero-order chi connectivity index (χ0) is 17.6. The van der Waals surface area contributed by atoms with E-state index in [1.165, 1.54) is 0 Å². The van der Waals surface area contributed by atoms with Gasteiger partial charge in [0.1, 0.15) is 10.9 Å². The fourth-order valence-corrected chi connectivity index (χ4v) is 2.63. The molecule has 0 spiro atoms. The molecule has 4 nitrogen and oxygen atoms in total. The summed E-state index contributed by atoms with van der Waals surface area (Å²) >= 11 is 6.27. The Labute approximate surface area is 151 Å². The Bertz CT molecular complexity index is 934. The number of fused-ring (bicyclic) bond motifs is 1. The summed E-state index contributed by atoms with van der Waals surface area (Å²) < 4.78 is 5.12. The number of pyridine rings is 1. The molecule has 0 fully saturated rings. The van der Waals surface area contributed by atoms with Gasteiger partial charge in [-0.15, -0.1) is 0 Å². The molecule has 1 N–H and O–H groups in total. The summed E-state index contributed by atoms with van der Waals surface area (Å²) in [5.41, 5.74) is 6.72.